The maximum atomic E-state index is 13.5. The molecule has 7 heteroatoms. The van der Waals surface area contributed by atoms with Gasteiger partial charge in [-0.25, -0.2) is 14.2 Å². The molecule has 36 heavy (non-hydrogen) atoms. The lowest BCUT2D eigenvalue weighted by atomic mass is 10.0. The quantitative estimate of drug-likeness (QED) is 0.328. The second-order valence-electron chi connectivity index (χ2n) is 8.16. The van der Waals surface area contributed by atoms with Crippen LogP contribution in [0.25, 0.3) is 11.3 Å². The van der Waals surface area contributed by atoms with Crippen molar-refractivity contribution in [3.63, 3.8) is 0 Å². The highest BCUT2D eigenvalue weighted by atomic mass is 19.1. The number of hydrogen-bond donors (Lipinski definition) is 2. The number of nitrogens with zero attached hydrogens (tertiary/aromatic N) is 1. The van der Waals surface area contributed by atoms with Gasteiger partial charge in [0, 0.05) is 16.8 Å². The predicted molar refractivity (Wildman–Crippen MR) is 138 cm³/mol. The Morgan fingerprint density at radius 2 is 1.42 bits per heavy atom. The van der Waals surface area contributed by atoms with Crippen LogP contribution in [-0.4, -0.2) is 24.7 Å². The number of halogens is 1. The molecule has 0 bridgehead atoms. The molecule has 1 aliphatic rings. The first kappa shape index (κ1) is 23.0. The van der Waals surface area contributed by atoms with Crippen LogP contribution in [0.4, 0.5) is 14.9 Å². The molecule has 5 rings (SSSR count). The normalized spacial score (nSPS) is 12.8. The van der Waals surface area contributed by atoms with Crippen molar-refractivity contribution in [3.8, 4) is 17.2 Å². The molecule has 0 spiro atoms. The van der Waals surface area contributed by atoms with Gasteiger partial charge in [0.1, 0.15) is 23.1 Å². The Bertz CT molecular complexity index is 1370. The van der Waals surface area contributed by atoms with Crippen LogP contribution in [0.2, 0.25) is 0 Å². The molecule has 0 unspecified atom stereocenters. The van der Waals surface area contributed by atoms with Gasteiger partial charge >= 0.3 is 6.03 Å². The van der Waals surface area contributed by atoms with Gasteiger partial charge in [-0.15, -0.1) is 0 Å². The molecule has 2 N–H and O–H groups in total. The van der Waals surface area contributed by atoms with E-state index in [1.807, 2.05) is 54.6 Å². The SMILES string of the molecule is COc1ccc(C2=C(c3ccc(F)cc3)CN(C(=O)Nc3ccc(Oc4ccccc4)cc3)N2)cc1. The largest absolute Gasteiger partial charge is 0.497 e. The molecule has 4 aromatic rings. The molecule has 0 aliphatic carbocycles. The number of rotatable bonds is 6. The monoisotopic (exact) mass is 481 g/mol. The first-order valence-corrected chi connectivity index (χ1v) is 11.4. The molecule has 1 aliphatic heterocycles. The third-order valence-corrected chi connectivity index (χ3v) is 5.77. The van der Waals surface area contributed by atoms with Gasteiger partial charge in [0.15, 0.2) is 0 Å². The van der Waals surface area contributed by atoms with Crippen molar-refractivity contribution in [2.75, 3.05) is 19.0 Å². The molecule has 0 radical (unpaired) electrons. The Balaban J connectivity index is 1.32. The number of nitrogens with one attached hydrogen (secondary N) is 2. The van der Waals surface area contributed by atoms with Gasteiger partial charge in [-0.3, -0.25) is 5.43 Å². The van der Waals surface area contributed by atoms with Crippen LogP contribution in [0.1, 0.15) is 11.1 Å². The molecule has 4 aromatic carbocycles. The maximum absolute atomic E-state index is 13.5. The number of carbonyl (C=O) groups excluding carboxylic acids is 1. The fourth-order valence-corrected chi connectivity index (χ4v) is 3.91. The molecule has 0 fully saturated rings. The molecular formula is C29H24FN3O3. The van der Waals surface area contributed by atoms with E-state index in [4.69, 9.17) is 9.47 Å². The molecule has 0 aromatic heterocycles. The van der Waals surface area contributed by atoms with Gasteiger partial charge in [0.05, 0.1) is 19.4 Å². The van der Waals surface area contributed by atoms with Crippen molar-refractivity contribution in [1.82, 2.24) is 10.4 Å². The summed E-state index contributed by atoms with van der Waals surface area (Å²) in [4.78, 5) is 13.1. The zero-order valence-corrected chi connectivity index (χ0v) is 19.6. The molecule has 0 saturated heterocycles. The van der Waals surface area contributed by atoms with E-state index in [9.17, 15) is 9.18 Å². The molecule has 2 amide bonds. The third-order valence-electron chi connectivity index (χ3n) is 5.77. The molecule has 1 heterocycles. The fourth-order valence-electron chi connectivity index (χ4n) is 3.91. The van der Waals surface area contributed by atoms with E-state index in [0.717, 1.165) is 33.9 Å². The van der Waals surface area contributed by atoms with E-state index >= 15 is 0 Å². The summed E-state index contributed by atoms with van der Waals surface area (Å²) in [5, 5.41) is 4.40. The van der Waals surface area contributed by atoms with Crippen molar-refractivity contribution in [1.29, 1.82) is 0 Å². The highest BCUT2D eigenvalue weighted by Crippen LogP contribution is 2.32. The van der Waals surface area contributed by atoms with Crippen LogP contribution >= 0.6 is 0 Å². The Hall–Kier alpha value is -4.78. The van der Waals surface area contributed by atoms with Gasteiger partial charge in [0.25, 0.3) is 0 Å². The minimum Gasteiger partial charge on any atom is -0.497 e. The Morgan fingerprint density at radius 3 is 2.08 bits per heavy atom. The van der Waals surface area contributed by atoms with E-state index in [2.05, 4.69) is 10.7 Å². The number of hydrazine groups is 1. The lowest BCUT2D eigenvalue weighted by Gasteiger charge is -2.19. The highest BCUT2D eigenvalue weighted by Gasteiger charge is 2.27. The summed E-state index contributed by atoms with van der Waals surface area (Å²) in [7, 11) is 1.61. The Kier molecular flexibility index (Phi) is 6.53. The van der Waals surface area contributed by atoms with E-state index in [1.165, 1.54) is 17.1 Å². The van der Waals surface area contributed by atoms with E-state index in [-0.39, 0.29) is 11.8 Å². The van der Waals surface area contributed by atoms with Gasteiger partial charge in [-0.05, 0) is 78.4 Å². The molecule has 180 valence electrons. The zero-order valence-electron chi connectivity index (χ0n) is 19.6. The Morgan fingerprint density at radius 1 is 0.806 bits per heavy atom. The summed E-state index contributed by atoms with van der Waals surface area (Å²) in [6, 6.07) is 30.1. The van der Waals surface area contributed by atoms with Crippen LogP contribution in [0.5, 0.6) is 17.2 Å². The second kappa shape index (κ2) is 10.2. The first-order valence-electron chi connectivity index (χ1n) is 11.4. The topological polar surface area (TPSA) is 62.8 Å². The van der Waals surface area contributed by atoms with Crippen LogP contribution in [0, 0.1) is 5.82 Å². The number of urea groups is 1. The van der Waals surface area contributed by atoms with E-state index in [0.29, 0.717) is 18.0 Å². The molecular weight excluding hydrogens is 457 g/mol. The van der Waals surface area contributed by atoms with Crippen LogP contribution in [-0.2, 0) is 0 Å². The van der Waals surface area contributed by atoms with Crippen LogP contribution in [0.3, 0.4) is 0 Å². The van der Waals surface area contributed by atoms with Gasteiger partial charge in [0.2, 0.25) is 0 Å². The number of amides is 2. The average Bonchev–Trinajstić information content (AvgIpc) is 3.37. The smallest absolute Gasteiger partial charge is 0.340 e. The standard InChI is InChI=1S/C29H24FN3O3/c1-35-24-15-9-21(10-16-24)28-27(20-7-11-22(30)12-8-20)19-33(32-28)29(34)31-23-13-17-26(18-14-23)36-25-5-3-2-4-6-25/h2-18,32H,19H2,1H3,(H,31,34). The van der Waals surface area contributed by atoms with Crippen molar-refractivity contribution in [2.45, 2.75) is 0 Å². The van der Waals surface area contributed by atoms with Crippen molar-refractivity contribution < 1.29 is 18.7 Å². The van der Waals surface area contributed by atoms with E-state index in [1.54, 1.807) is 43.5 Å². The third kappa shape index (κ3) is 5.15. The van der Waals surface area contributed by atoms with E-state index < -0.39 is 0 Å². The maximum Gasteiger partial charge on any atom is 0.340 e. The fraction of sp³-hybridized carbons (Fsp3) is 0.0690. The van der Waals surface area contributed by atoms with Crippen LogP contribution < -0.4 is 20.2 Å². The summed E-state index contributed by atoms with van der Waals surface area (Å²) >= 11 is 0. The molecule has 6 nitrogen and oxygen atoms in total. The number of methoxy groups -OCH3 is 1. The minimum atomic E-state index is -0.324. The number of carbonyl (C=O) groups is 1. The Labute approximate surface area is 208 Å². The van der Waals surface area contributed by atoms with Gasteiger partial charge < -0.3 is 14.8 Å². The zero-order chi connectivity index (χ0) is 24.9. The lowest BCUT2D eigenvalue weighted by Crippen LogP contribution is -2.40. The molecule has 0 atom stereocenters. The van der Waals surface area contributed by atoms with Gasteiger partial charge in [-0.2, -0.15) is 0 Å². The number of anilines is 1. The number of ether oxygens (including phenoxy) is 2. The lowest BCUT2D eigenvalue weighted by molar-refractivity contribution is 0.210. The highest BCUT2D eigenvalue weighted by molar-refractivity contribution is 5.98. The van der Waals surface area contributed by atoms with Crippen molar-refractivity contribution in [2.24, 2.45) is 0 Å². The minimum absolute atomic E-state index is 0.300. The summed E-state index contributed by atoms with van der Waals surface area (Å²) < 4.78 is 24.6. The summed E-state index contributed by atoms with van der Waals surface area (Å²) in [6.45, 7) is 0.300. The second-order valence-corrected chi connectivity index (χ2v) is 8.16. The number of para-hydroxylation sites is 1. The first-order chi connectivity index (χ1) is 17.6. The van der Waals surface area contributed by atoms with Gasteiger partial charge in [-0.1, -0.05) is 30.3 Å². The average molecular weight is 482 g/mol. The van der Waals surface area contributed by atoms with Crippen molar-refractivity contribution in [3.05, 3.63) is 120 Å². The van der Waals surface area contributed by atoms with Crippen molar-refractivity contribution >= 4 is 23.0 Å². The summed E-state index contributed by atoms with van der Waals surface area (Å²) in [6.07, 6.45) is 0. The number of hydrogen-bond acceptors (Lipinski definition) is 4. The summed E-state index contributed by atoms with van der Waals surface area (Å²) in [5.74, 6) is 1.82. The molecule has 0 saturated carbocycles. The summed E-state index contributed by atoms with van der Waals surface area (Å²) in [5.41, 5.74) is 7.20. The predicted octanol–water partition coefficient (Wildman–Crippen LogP) is 6.55. The van der Waals surface area contributed by atoms with Crippen LogP contribution in [0.15, 0.2) is 103 Å². The number of benzene rings is 4.